The fraction of sp³-hybridized carbons (Fsp3) is 0.440. The van der Waals surface area contributed by atoms with Crippen LogP contribution in [0.4, 0.5) is 17.2 Å². The zero-order valence-electron chi connectivity index (χ0n) is 17.8. The lowest BCUT2D eigenvalue weighted by Crippen LogP contribution is -2.36. The van der Waals surface area contributed by atoms with Gasteiger partial charge in [0.25, 0.3) is 5.56 Å². The van der Waals surface area contributed by atoms with Gasteiger partial charge in [-0.1, -0.05) is 12.8 Å². The van der Waals surface area contributed by atoms with Gasteiger partial charge in [0.05, 0.1) is 5.52 Å². The van der Waals surface area contributed by atoms with Gasteiger partial charge in [0.2, 0.25) is 0 Å². The molecule has 0 spiro atoms. The van der Waals surface area contributed by atoms with Gasteiger partial charge in [0.15, 0.2) is 0 Å². The molecule has 1 aromatic carbocycles. The quantitative estimate of drug-likeness (QED) is 0.640. The zero-order valence-corrected chi connectivity index (χ0v) is 17.8. The van der Waals surface area contributed by atoms with E-state index < -0.39 is 0 Å². The third kappa shape index (κ3) is 4.17. The van der Waals surface area contributed by atoms with Crippen LogP contribution >= 0.6 is 0 Å². The number of aliphatic hydroxyl groups is 1. The lowest BCUT2D eigenvalue weighted by atomic mass is 9.98. The van der Waals surface area contributed by atoms with Crippen LogP contribution in [0, 0.1) is 5.92 Å². The van der Waals surface area contributed by atoms with Gasteiger partial charge in [0, 0.05) is 60.8 Å². The Labute approximate surface area is 182 Å². The Morgan fingerprint density at radius 3 is 2.61 bits per heavy atom. The first-order valence-electron chi connectivity index (χ1n) is 11.5. The maximum absolute atomic E-state index is 12.6. The van der Waals surface area contributed by atoms with E-state index in [0.29, 0.717) is 5.92 Å². The molecule has 6 heteroatoms. The van der Waals surface area contributed by atoms with Gasteiger partial charge in [-0.3, -0.25) is 4.79 Å². The number of pyridine rings is 2. The van der Waals surface area contributed by atoms with Crippen LogP contribution in [0.3, 0.4) is 0 Å². The highest BCUT2D eigenvalue weighted by atomic mass is 16.3. The molecule has 162 valence electrons. The third-order valence-electron chi connectivity index (χ3n) is 6.79. The number of nitrogens with zero attached hydrogens (tertiary/aromatic N) is 3. The van der Waals surface area contributed by atoms with E-state index in [-0.39, 0.29) is 18.2 Å². The number of rotatable bonds is 5. The number of anilines is 3. The Hall–Kier alpha value is -2.86. The SMILES string of the molecule is O=c1ccc2cnc(Nc3ccc(N4CCCC(CO)C4)cc3)cc2n1C1CCCC1. The van der Waals surface area contributed by atoms with Gasteiger partial charge in [-0.2, -0.15) is 0 Å². The minimum absolute atomic E-state index is 0.0728. The Morgan fingerprint density at radius 2 is 1.84 bits per heavy atom. The van der Waals surface area contributed by atoms with Crippen molar-refractivity contribution in [3.8, 4) is 0 Å². The maximum atomic E-state index is 12.6. The van der Waals surface area contributed by atoms with E-state index in [1.54, 1.807) is 6.07 Å². The third-order valence-corrected chi connectivity index (χ3v) is 6.79. The van der Waals surface area contributed by atoms with Crippen molar-refractivity contribution >= 4 is 28.1 Å². The average Bonchev–Trinajstić information content (AvgIpc) is 3.34. The lowest BCUT2D eigenvalue weighted by molar-refractivity contribution is 0.209. The van der Waals surface area contributed by atoms with Crippen LogP contribution in [-0.4, -0.2) is 34.4 Å². The monoisotopic (exact) mass is 418 g/mol. The Kier molecular flexibility index (Phi) is 5.64. The van der Waals surface area contributed by atoms with Crippen LogP contribution < -0.4 is 15.8 Å². The number of aromatic nitrogens is 2. The van der Waals surface area contributed by atoms with Crippen molar-refractivity contribution in [2.45, 2.75) is 44.6 Å². The predicted molar refractivity (Wildman–Crippen MR) is 125 cm³/mol. The summed E-state index contributed by atoms with van der Waals surface area (Å²) in [5.41, 5.74) is 3.18. The molecule has 6 nitrogen and oxygen atoms in total. The molecule has 1 aliphatic carbocycles. The molecule has 0 amide bonds. The van der Waals surface area contributed by atoms with Gasteiger partial charge < -0.3 is 19.9 Å². The summed E-state index contributed by atoms with van der Waals surface area (Å²) in [4.78, 5) is 19.5. The number of nitrogens with one attached hydrogen (secondary N) is 1. The van der Waals surface area contributed by atoms with Crippen LogP contribution in [0.5, 0.6) is 0 Å². The first-order chi connectivity index (χ1) is 15.2. The van der Waals surface area contributed by atoms with E-state index in [0.717, 1.165) is 61.2 Å². The van der Waals surface area contributed by atoms with Crippen molar-refractivity contribution in [2.24, 2.45) is 5.92 Å². The lowest BCUT2D eigenvalue weighted by Gasteiger charge is -2.33. The molecule has 0 bridgehead atoms. The topological polar surface area (TPSA) is 70.4 Å². The molecule has 1 saturated heterocycles. The smallest absolute Gasteiger partial charge is 0.251 e. The van der Waals surface area contributed by atoms with Crippen LogP contribution in [0.25, 0.3) is 10.9 Å². The zero-order chi connectivity index (χ0) is 21.2. The van der Waals surface area contributed by atoms with Gasteiger partial charge in [-0.15, -0.1) is 0 Å². The fourth-order valence-electron chi connectivity index (χ4n) is 5.11. The minimum atomic E-state index is 0.0728. The molecule has 1 aliphatic heterocycles. The molecular formula is C25H30N4O2. The van der Waals surface area contributed by atoms with Crippen molar-refractivity contribution < 1.29 is 5.11 Å². The number of fused-ring (bicyclic) bond motifs is 1. The normalized spacial score (nSPS) is 19.8. The second-order valence-corrected chi connectivity index (χ2v) is 8.92. The summed E-state index contributed by atoms with van der Waals surface area (Å²) in [6.45, 7) is 2.21. The standard InChI is InChI=1S/C25H30N4O2/c30-17-18-4-3-13-28(16-18)21-10-8-20(9-11-21)27-24-14-23-19(15-26-24)7-12-25(31)29(23)22-5-1-2-6-22/h7-12,14-15,18,22,30H,1-6,13,16-17H2,(H,26,27). The van der Waals surface area contributed by atoms with E-state index in [2.05, 4.69) is 39.5 Å². The highest BCUT2D eigenvalue weighted by Gasteiger charge is 2.21. The second kappa shape index (κ2) is 8.71. The second-order valence-electron chi connectivity index (χ2n) is 8.92. The minimum Gasteiger partial charge on any atom is -0.396 e. The summed E-state index contributed by atoms with van der Waals surface area (Å²) in [5.74, 6) is 1.11. The van der Waals surface area contributed by atoms with Gasteiger partial charge in [0.1, 0.15) is 5.82 Å². The molecule has 2 aliphatic rings. The molecule has 1 unspecified atom stereocenters. The Balaban J connectivity index is 1.38. The predicted octanol–water partition coefficient (Wildman–Crippen LogP) is 4.46. The van der Waals surface area contributed by atoms with E-state index in [9.17, 15) is 9.90 Å². The molecule has 3 aromatic rings. The summed E-state index contributed by atoms with van der Waals surface area (Å²) in [5, 5.41) is 13.9. The van der Waals surface area contributed by atoms with Crippen molar-refractivity contribution in [2.75, 3.05) is 29.9 Å². The van der Waals surface area contributed by atoms with Crippen LogP contribution in [0.2, 0.25) is 0 Å². The van der Waals surface area contributed by atoms with Crippen LogP contribution in [0.15, 0.2) is 53.5 Å². The largest absolute Gasteiger partial charge is 0.396 e. The molecule has 2 aromatic heterocycles. The highest BCUT2D eigenvalue weighted by molar-refractivity contribution is 5.81. The maximum Gasteiger partial charge on any atom is 0.251 e. The molecule has 2 N–H and O–H groups in total. The molecule has 2 fully saturated rings. The molecule has 5 rings (SSSR count). The average molecular weight is 419 g/mol. The van der Waals surface area contributed by atoms with E-state index in [1.165, 1.54) is 18.5 Å². The van der Waals surface area contributed by atoms with Crippen molar-refractivity contribution in [3.05, 3.63) is 59.0 Å². The van der Waals surface area contributed by atoms with E-state index in [1.807, 2.05) is 22.9 Å². The molecule has 0 radical (unpaired) electrons. The number of piperidine rings is 1. The Bertz CT molecular complexity index is 1100. The van der Waals surface area contributed by atoms with Gasteiger partial charge >= 0.3 is 0 Å². The molecular weight excluding hydrogens is 388 g/mol. The van der Waals surface area contributed by atoms with Crippen molar-refractivity contribution in [1.29, 1.82) is 0 Å². The number of hydrogen-bond donors (Lipinski definition) is 2. The summed E-state index contributed by atoms with van der Waals surface area (Å²) in [6, 6.07) is 14.2. The first kappa shape index (κ1) is 20.1. The molecule has 1 saturated carbocycles. The first-order valence-corrected chi connectivity index (χ1v) is 11.5. The van der Waals surface area contributed by atoms with Crippen LogP contribution in [-0.2, 0) is 0 Å². The summed E-state index contributed by atoms with van der Waals surface area (Å²) >= 11 is 0. The van der Waals surface area contributed by atoms with Crippen molar-refractivity contribution in [1.82, 2.24) is 9.55 Å². The van der Waals surface area contributed by atoms with Gasteiger partial charge in [-0.25, -0.2) is 4.98 Å². The molecule has 31 heavy (non-hydrogen) atoms. The molecule has 1 atom stereocenters. The number of aliphatic hydroxyl groups excluding tert-OH is 1. The number of benzene rings is 1. The summed E-state index contributed by atoms with van der Waals surface area (Å²) in [6.07, 6.45) is 8.58. The summed E-state index contributed by atoms with van der Waals surface area (Å²) < 4.78 is 1.96. The highest BCUT2D eigenvalue weighted by Crippen LogP contribution is 2.31. The van der Waals surface area contributed by atoms with Crippen molar-refractivity contribution in [3.63, 3.8) is 0 Å². The summed E-state index contributed by atoms with van der Waals surface area (Å²) in [7, 11) is 0. The van der Waals surface area contributed by atoms with E-state index in [4.69, 9.17) is 0 Å². The van der Waals surface area contributed by atoms with Crippen LogP contribution in [0.1, 0.15) is 44.6 Å². The fourth-order valence-corrected chi connectivity index (χ4v) is 5.11. The number of hydrogen-bond acceptors (Lipinski definition) is 5. The Morgan fingerprint density at radius 1 is 1.03 bits per heavy atom. The van der Waals surface area contributed by atoms with Gasteiger partial charge in [-0.05, 0) is 61.9 Å². The molecule has 3 heterocycles. The van der Waals surface area contributed by atoms with E-state index >= 15 is 0 Å².